The molecule has 1 amide bonds. The van der Waals surface area contributed by atoms with Gasteiger partial charge in [-0.3, -0.25) is 9.69 Å². The molecular weight excluding hydrogens is 362 g/mol. The van der Waals surface area contributed by atoms with Gasteiger partial charge in [-0.25, -0.2) is 0 Å². The maximum absolute atomic E-state index is 13.3. The van der Waals surface area contributed by atoms with Crippen LogP contribution in [0.2, 0.25) is 0 Å². The van der Waals surface area contributed by atoms with E-state index >= 15 is 0 Å². The Kier molecular flexibility index (Phi) is 6.93. The minimum Gasteiger partial charge on any atom is -0.508 e. The van der Waals surface area contributed by atoms with Crippen molar-refractivity contribution in [3.05, 3.63) is 65.2 Å². The Labute approximate surface area is 174 Å². The van der Waals surface area contributed by atoms with Gasteiger partial charge >= 0.3 is 0 Å². The van der Waals surface area contributed by atoms with Crippen molar-refractivity contribution < 1.29 is 9.90 Å². The van der Waals surface area contributed by atoms with E-state index in [0.29, 0.717) is 25.2 Å². The fourth-order valence-electron chi connectivity index (χ4n) is 4.27. The number of hydrogen-bond donors (Lipinski definition) is 2. The van der Waals surface area contributed by atoms with Crippen molar-refractivity contribution >= 4 is 5.91 Å². The van der Waals surface area contributed by atoms with Crippen LogP contribution in [-0.4, -0.2) is 59.1 Å². The van der Waals surface area contributed by atoms with Gasteiger partial charge in [0.2, 0.25) is 0 Å². The third kappa shape index (κ3) is 4.62. The van der Waals surface area contributed by atoms with Gasteiger partial charge in [0.15, 0.2) is 0 Å². The van der Waals surface area contributed by atoms with Crippen molar-refractivity contribution in [3.63, 3.8) is 0 Å². The third-order valence-corrected chi connectivity index (χ3v) is 5.87. The van der Waals surface area contributed by atoms with Gasteiger partial charge in [-0.1, -0.05) is 30.3 Å². The third-order valence-electron chi connectivity index (χ3n) is 5.87. The molecule has 5 heteroatoms. The van der Waals surface area contributed by atoms with Gasteiger partial charge in [-0.05, 0) is 57.0 Å². The number of carbonyl (C=O) groups excluding carboxylic acids is 1. The van der Waals surface area contributed by atoms with E-state index in [1.165, 1.54) is 0 Å². The molecule has 1 heterocycles. The molecule has 1 fully saturated rings. The van der Waals surface area contributed by atoms with Gasteiger partial charge < -0.3 is 15.3 Å². The molecule has 5 nitrogen and oxygen atoms in total. The standard InChI is InChI=1S/C24H33N3O2/c1-5-26(6-2)24(29)22-13-8-7-12-21(22)23(19-10-9-11-20(28)14-19)27-16-17(3)25-15-18(27)4/h7-14,17-18,23,25,28H,5-6,15-16H2,1-4H3/t17-,18+,23-/m1/s1. The van der Waals surface area contributed by atoms with Crippen LogP contribution in [0.25, 0.3) is 0 Å². The predicted octanol–water partition coefficient (Wildman–Crippen LogP) is 3.65. The van der Waals surface area contributed by atoms with Crippen molar-refractivity contribution in [2.45, 2.75) is 45.8 Å². The van der Waals surface area contributed by atoms with E-state index in [9.17, 15) is 9.90 Å². The Hall–Kier alpha value is -2.37. The zero-order valence-electron chi connectivity index (χ0n) is 17.9. The highest BCUT2D eigenvalue weighted by molar-refractivity contribution is 5.96. The molecule has 0 saturated carbocycles. The van der Waals surface area contributed by atoms with Crippen LogP contribution in [0.5, 0.6) is 5.75 Å². The van der Waals surface area contributed by atoms with Crippen LogP contribution in [0.15, 0.2) is 48.5 Å². The Morgan fingerprint density at radius 3 is 2.59 bits per heavy atom. The number of nitrogens with zero attached hydrogens (tertiary/aromatic N) is 2. The van der Waals surface area contributed by atoms with Crippen LogP contribution in [0.4, 0.5) is 0 Å². The van der Waals surface area contributed by atoms with E-state index < -0.39 is 0 Å². The van der Waals surface area contributed by atoms with Gasteiger partial charge in [0.1, 0.15) is 5.75 Å². The lowest BCUT2D eigenvalue weighted by Gasteiger charge is -2.43. The molecule has 2 N–H and O–H groups in total. The zero-order chi connectivity index (χ0) is 21.0. The maximum atomic E-state index is 13.3. The van der Waals surface area contributed by atoms with Crippen LogP contribution in [-0.2, 0) is 0 Å². The first-order valence-corrected chi connectivity index (χ1v) is 10.6. The number of rotatable bonds is 6. The van der Waals surface area contributed by atoms with Gasteiger partial charge in [0, 0.05) is 43.8 Å². The lowest BCUT2D eigenvalue weighted by Crippen LogP contribution is -2.55. The second-order valence-electron chi connectivity index (χ2n) is 7.92. The molecule has 0 aliphatic carbocycles. The SMILES string of the molecule is CCN(CC)C(=O)c1ccccc1[C@@H](c1cccc(O)c1)N1C[C@@H](C)NC[C@@H]1C. The molecule has 0 spiro atoms. The molecule has 1 saturated heterocycles. The largest absolute Gasteiger partial charge is 0.508 e. The fourth-order valence-corrected chi connectivity index (χ4v) is 4.27. The van der Waals surface area contributed by atoms with Crippen molar-refractivity contribution in [1.29, 1.82) is 0 Å². The van der Waals surface area contributed by atoms with Crippen molar-refractivity contribution in [2.75, 3.05) is 26.2 Å². The first kappa shape index (κ1) is 21.3. The van der Waals surface area contributed by atoms with Gasteiger partial charge in [-0.15, -0.1) is 0 Å². The number of carbonyl (C=O) groups is 1. The maximum Gasteiger partial charge on any atom is 0.254 e. The second kappa shape index (κ2) is 9.42. The molecule has 2 aromatic rings. The monoisotopic (exact) mass is 395 g/mol. The summed E-state index contributed by atoms with van der Waals surface area (Å²) in [6, 6.07) is 15.9. The number of phenols is 1. The zero-order valence-corrected chi connectivity index (χ0v) is 17.9. The topological polar surface area (TPSA) is 55.8 Å². The fraction of sp³-hybridized carbons (Fsp3) is 0.458. The molecule has 0 unspecified atom stereocenters. The van der Waals surface area contributed by atoms with E-state index in [0.717, 1.165) is 29.8 Å². The molecule has 0 radical (unpaired) electrons. The summed E-state index contributed by atoms with van der Waals surface area (Å²) in [7, 11) is 0. The molecule has 1 aliphatic rings. The summed E-state index contributed by atoms with van der Waals surface area (Å²) in [5.41, 5.74) is 2.74. The number of piperazine rings is 1. The highest BCUT2D eigenvalue weighted by Gasteiger charge is 2.33. The number of nitrogens with one attached hydrogen (secondary N) is 1. The van der Waals surface area contributed by atoms with Crippen molar-refractivity contribution in [3.8, 4) is 5.75 Å². The average molecular weight is 396 g/mol. The normalized spacial score (nSPS) is 21.0. The molecule has 1 aliphatic heterocycles. The number of benzene rings is 2. The number of hydrogen-bond acceptors (Lipinski definition) is 4. The summed E-state index contributed by atoms with van der Waals surface area (Å²) >= 11 is 0. The molecule has 29 heavy (non-hydrogen) atoms. The molecule has 0 bridgehead atoms. The molecule has 2 aromatic carbocycles. The van der Waals surface area contributed by atoms with Gasteiger partial charge in [-0.2, -0.15) is 0 Å². The first-order valence-electron chi connectivity index (χ1n) is 10.6. The van der Waals surface area contributed by atoms with E-state index in [1.54, 1.807) is 6.07 Å². The molecule has 156 valence electrons. The van der Waals surface area contributed by atoms with Crippen LogP contribution < -0.4 is 5.32 Å². The Morgan fingerprint density at radius 1 is 1.17 bits per heavy atom. The smallest absolute Gasteiger partial charge is 0.254 e. The molecule has 3 atom stereocenters. The van der Waals surface area contributed by atoms with E-state index in [-0.39, 0.29) is 17.7 Å². The summed E-state index contributed by atoms with van der Waals surface area (Å²) < 4.78 is 0. The average Bonchev–Trinajstić information content (AvgIpc) is 2.72. The minimum atomic E-state index is -0.0997. The quantitative estimate of drug-likeness (QED) is 0.784. The summed E-state index contributed by atoms with van der Waals surface area (Å²) in [5, 5.41) is 13.7. The van der Waals surface area contributed by atoms with Gasteiger partial charge in [0.25, 0.3) is 5.91 Å². The Bertz CT molecular complexity index is 834. The molecule has 0 aromatic heterocycles. The van der Waals surface area contributed by atoms with Crippen LogP contribution in [0.3, 0.4) is 0 Å². The Morgan fingerprint density at radius 2 is 1.90 bits per heavy atom. The molecule has 3 rings (SSSR count). The second-order valence-corrected chi connectivity index (χ2v) is 7.92. The lowest BCUT2D eigenvalue weighted by atomic mass is 9.90. The van der Waals surface area contributed by atoms with Crippen LogP contribution in [0.1, 0.15) is 55.2 Å². The van der Waals surface area contributed by atoms with E-state index in [4.69, 9.17) is 0 Å². The first-order chi connectivity index (χ1) is 14.0. The predicted molar refractivity (Wildman–Crippen MR) is 117 cm³/mol. The van der Waals surface area contributed by atoms with Crippen LogP contribution in [0, 0.1) is 0 Å². The van der Waals surface area contributed by atoms with Crippen molar-refractivity contribution in [2.24, 2.45) is 0 Å². The van der Waals surface area contributed by atoms with Gasteiger partial charge in [0.05, 0.1) is 6.04 Å². The number of phenolic OH excluding ortho intramolecular Hbond substituents is 1. The summed E-state index contributed by atoms with van der Waals surface area (Å²) in [4.78, 5) is 17.6. The van der Waals surface area contributed by atoms with E-state index in [1.807, 2.05) is 55.1 Å². The molecular formula is C24H33N3O2. The summed E-state index contributed by atoms with van der Waals surface area (Å²) in [5.74, 6) is 0.308. The highest BCUT2D eigenvalue weighted by Crippen LogP contribution is 2.35. The number of aromatic hydroxyl groups is 1. The minimum absolute atomic E-state index is 0.0617. The summed E-state index contributed by atoms with van der Waals surface area (Å²) in [6.45, 7) is 11.5. The van der Waals surface area contributed by atoms with Crippen molar-refractivity contribution in [1.82, 2.24) is 15.1 Å². The number of amides is 1. The Balaban J connectivity index is 2.14. The highest BCUT2D eigenvalue weighted by atomic mass is 16.3. The van der Waals surface area contributed by atoms with Crippen LogP contribution >= 0.6 is 0 Å². The lowest BCUT2D eigenvalue weighted by molar-refractivity contribution is 0.0764. The summed E-state index contributed by atoms with van der Waals surface area (Å²) in [6.07, 6.45) is 0. The van der Waals surface area contributed by atoms with E-state index in [2.05, 4.69) is 30.1 Å².